The summed E-state index contributed by atoms with van der Waals surface area (Å²) in [4.78, 5) is 16.6. The minimum Gasteiger partial charge on any atom is -0.297 e. The van der Waals surface area contributed by atoms with Gasteiger partial charge in [-0.1, -0.05) is 58.4 Å². The molecular weight excluding hydrogens is 392 g/mol. The normalized spacial score (nSPS) is 16.0. The van der Waals surface area contributed by atoms with Crippen LogP contribution in [-0.4, -0.2) is 54.6 Å². The van der Waals surface area contributed by atoms with Crippen molar-refractivity contribution in [1.82, 2.24) is 15.2 Å². The van der Waals surface area contributed by atoms with Gasteiger partial charge in [0.15, 0.2) is 0 Å². The van der Waals surface area contributed by atoms with Crippen LogP contribution in [-0.2, 0) is 11.3 Å². The summed E-state index contributed by atoms with van der Waals surface area (Å²) >= 11 is 3.41. The summed E-state index contributed by atoms with van der Waals surface area (Å²) in [6.07, 6.45) is 1.65. The molecule has 1 heterocycles. The van der Waals surface area contributed by atoms with Crippen LogP contribution < -0.4 is 5.43 Å². The van der Waals surface area contributed by atoms with Crippen LogP contribution in [0, 0.1) is 0 Å². The van der Waals surface area contributed by atoms with Crippen molar-refractivity contribution in [2.45, 2.75) is 6.54 Å². The number of nitrogens with zero attached hydrogens (tertiary/aromatic N) is 3. The van der Waals surface area contributed by atoms with Crippen molar-refractivity contribution >= 4 is 28.1 Å². The molecule has 2 aromatic carbocycles. The molecule has 3 rings (SSSR count). The molecule has 1 N–H and O–H groups in total. The molecule has 0 unspecified atom stereocenters. The number of carbonyl (C=O) groups excluding carboxylic acids is 1. The molecule has 0 saturated carbocycles. The van der Waals surface area contributed by atoms with Crippen molar-refractivity contribution < 1.29 is 4.79 Å². The minimum absolute atomic E-state index is 0.0762. The van der Waals surface area contributed by atoms with Gasteiger partial charge in [0.1, 0.15) is 0 Å². The second kappa shape index (κ2) is 9.62. The third kappa shape index (κ3) is 6.05. The van der Waals surface area contributed by atoms with E-state index in [9.17, 15) is 4.79 Å². The number of hydrogen-bond donors (Lipinski definition) is 1. The Morgan fingerprint density at radius 3 is 2.50 bits per heavy atom. The Labute approximate surface area is 162 Å². The molecule has 1 aliphatic heterocycles. The molecule has 6 heteroatoms. The molecule has 1 saturated heterocycles. The zero-order chi connectivity index (χ0) is 18.2. The van der Waals surface area contributed by atoms with Crippen molar-refractivity contribution in [2.75, 3.05) is 32.7 Å². The molecule has 0 aliphatic carbocycles. The van der Waals surface area contributed by atoms with E-state index in [1.165, 1.54) is 5.56 Å². The van der Waals surface area contributed by atoms with Gasteiger partial charge in [-0.3, -0.25) is 14.6 Å². The standard InChI is InChI=1S/C20H23BrN4O/c21-19-8-4-7-18(13-19)14-22-23-20(26)16-25-11-9-24(10-12-25)15-17-5-2-1-3-6-17/h1-8,13-14H,9-12,15-16H2,(H,23,26)/b22-14-. The molecule has 0 spiro atoms. The van der Waals surface area contributed by atoms with Crippen LogP contribution in [0.1, 0.15) is 11.1 Å². The predicted octanol–water partition coefficient (Wildman–Crippen LogP) is 2.72. The molecule has 0 aromatic heterocycles. The van der Waals surface area contributed by atoms with E-state index in [-0.39, 0.29) is 5.91 Å². The molecule has 0 atom stereocenters. The lowest BCUT2D eigenvalue weighted by molar-refractivity contribution is -0.122. The van der Waals surface area contributed by atoms with E-state index in [0.29, 0.717) is 6.54 Å². The molecular formula is C20H23BrN4O. The van der Waals surface area contributed by atoms with E-state index in [0.717, 1.165) is 42.8 Å². The monoisotopic (exact) mass is 414 g/mol. The highest BCUT2D eigenvalue weighted by Crippen LogP contribution is 2.10. The van der Waals surface area contributed by atoms with Gasteiger partial charge in [-0.25, -0.2) is 5.43 Å². The topological polar surface area (TPSA) is 47.9 Å². The first kappa shape index (κ1) is 18.8. The summed E-state index contributed by atoms with van der Waals surface area (Å²) in [6, 6.07) is 18.3. The maximum absolute atomic E-state index is 12.1. The van der Waals surface area contributed by atoms with Gasteiger partial charge >= 0.3 is 0 Å². The number of rotatable bonds is 6. The van der Waals surface area contributed by atoms with Gasteiger partial charge < -0.3 is 0 Å². The fraction of sp³-hybridized carbons (Fsp3) is 0.300. The Balaban J connectivity index is 1.38. The second-order valence-corrected chi connectivity index (χ2v) is 7.30. The van der Waals surface area contributed by atoms with Crippen molar-refractivity contribution in [3.05, 3.63) is 70.2 Å². The van der Waals surface area contributed by atoms with Crippen LogP contribution in [0.15, 0.2) is 64.2 Å². The van der Waals surface area contributed by atoms with Crippen LogP contribution in [0.3, 0.4) is 0 Å². The van der Waals surface area contributed by atoms with Gasteiger partial charge in [0.25, 0.3) is 5.91 Å². The Morgan fingerprint density at radius 2 is 1.77 bits per heavy atom. The third-order valence-corrected chi connectivity index (χ3v) is 4.83. The first-order valence-corrected chi connectivity index (χ1v) is 9.54. The van der Waals surface area contributed by atoms with E-state index in [1.54, 1.807) is 6.21 Å². The predicted molar refractivity (Wildman–Crippen MR) is 108 cm³/mol. The minimum atomic E-state index is -0.0762. The fourth-order valence-corrected chi connectivity index (χ4v) is 3.37. The van der Waals surface area contributed by atoms with E-state index < -0.39 is 0 Å². The highest BCUT2D eigenvalue weighted by Gasteiger charge is 2.18. The number of hydrogen-bond acceptors (Lipinski definition) is 4. The summed E-state index contributed by atoms with van der Waals surface area (Å²) in [6.45, 7) is 5.10. The molecule has 2 aromatic rings. The van der Waals surface area contributed by atoms with Crippen molar-refractivity contribution in [3.63, 3.8) is 0 Å². The number of halogens is 1. The van der Waals surface area contributed by atoms with E-state index >= 15 is 0 Å². The van der Waals surface area contributed by atoms with Crippen LogP contribution in [0.4, 0.5) is 0 Å². The first-order valence-electron chi connectivity index (χ1n) is 8.75. The quantitative estimate of drug-likeness (QED) is 0.583. The second-order valence-electron chi connectivity index (χ2n) is 6.39. The zero-order valence-corrected chi connectivity index (χ0v) is 16.2. The van der Waals surface area contributed by atoms with Crippen LogP contribution in [0.2, 0.25) is 0 Å². The highest BCUT2D eigenvalue weighted by atomic mass is 79.9. The van der Waals surface area contributed by atoms with E-state index in [4.69, 9.17) is 0 Å². The molecule has 0 bridgehead atoms. The van der Waals surface area contributed by atoms with Gasteiger partial charge in [0.05, 0.1) is 12.8 Å². The summed E-state index contributed by atoms with van der Waals surface area (Å²) in [5, 5.41) is 4.04. The Hall–Kier alpha value is -2.02. The smallest absolute Gasteiger partial charge is 0.254 e. The van der Waals surface area contributed by atoms with Gasteiger partial charge in [-0.2, -0.15) is 5.10 Å². The molecule has 0 radical (unpaired) electrons. The molecule has 1 amide bonds. The fourth-order valence-electron chi connectivity index (χ4n) is 2.95. The Kier molecular flexibility index (Phi) is 6.94. The third-order valence-electron chi connectivity index (χ3n) is 4.33. The van der Waals surface area contributed by atoms with Crippen LogP contribution in [0.25, 0.3) is 0 Å². The summed E-state index contributed by atoms with van der Waals surface area (Å²) in [7, 11) is 0. The SMILES string of the molecule is O=C(CN1CCN(Cc2ccccc2)CC1)N/N=C\c1cccc(Br)c1. The van der Waals surface area contributed by atoms with Gasteiger partial charge in [-0.15, -0.1) is 0 Å². The van der Waals surface area contributed by atoms with Gasteiger partial charge in [0, 0.05) is 37.2 Å². The molecule has 1 fully saturated rings. The van der Waals surface area contributed by atoms with Crippen molar-refractivity contribution in [2.24, 2.45) is 5.10 Å². The lowest BCUT2D eigenvalue weighted by Gasteiger charge is -2.34. The number of hydrazone groups is 1. The molecule has 26 heavy (non-hydrogen) atoms. The van der Waals surface area contributed by atoms with Gasteiger partial charge in [0.2, 0.25) is 0 Å². The number of benzene rings is 2. The Bertz CT molecular complexity index is 742. The highest BCUT2D eigenvalue weighted by molar-refractivity contribution is 9.10. The summed E-state index contributed by atoms with van der Waals surface area (Å²) in [5.74, 6) is -0.0762. The number of piperazine rings is 1. The largest absolute Gasteiger partial charge is 0.297 e. The maximum Gasteiger partial charge on any atom is 0.254 e. The summed E-state index contributed by atoms with van der Waals surface area (Å²) in [5.41, 5.74) is 4.88. The molecule has 5 nitrogen and oxygen atoms in total. The maximum atomic E-state index is 12.1. The number of amides is 1. The Morgan fingerprint density at radius 1 is 1.04 bits per heavy atom. The van der Waals surface area contributed by atoms with E-state index in [2.05, 4.69) is 60.5 Å². The van der Waals surface area contributed by atoms with Crippen LogP contribution in [0.5, 0.6) is 0 Å². The summed E-state index contributed by atoms with van der Waals surface area (Å²) < 4.78 is 0.987. The lowest BCUT2D eigenvalue weighted by atomic mass is 10.2. The first-order chi connectivity index (χ1) is 12.7. The van der Waals surface area contributed by atoms with Crippen LogP contribution >= 0.6 is 15.9 Å². The van der Waals surface area contributed by atoms with Crippen molar-refractivity contribution in [1.29, 1.82) is 0 Å². The molecule has 136 valence electrons. The number of nitrogens with one attached hydrogen (secondary N) is 1. The van der Waals surface area contributed by atoms with Gasteiger partial charge in [-0.05, 0) is 23.3 Å². The van der Waals surface area contributed by atoms with Crippen molar-refractivity contribution in [3.8, 4) is 0 Å². The average Bonchev–Trinajstić information content (AvgIpc) is 2.64. The zero-order valence-electron chi connectivity index (χ0n) is 14.6. The molecule has 1 aliphatic rings. The van der Waals surface area contributed by atoms with E-state index in [1.807, 2.05) is 30.3 Å². The number of carbonyl (C=O) groups is 1. The lowest BCUT2D eigenvalue weighted by Crippen LogP contribution is -2.48. The average molecular weight is 415 g/mol.